The summed E-state index contributed by atoms with van der Waals surface area (Å²) in [5, 5.41) is 0. The van der Waals surface area contributed by atoms with E-state index in [2.05, 4.69) is 6.58 Å². The van der Waals surface area contributed by atoms with Gasteiger partial charge in [-0.05, 0) is 13.0 Å². The molecule has 2 atom stereocenters. The van der Waals surface area contributed by atoms with Crippen LogP contribution in [-0.2, 0) is 23.8 Å². The van der Waals surface area contributed by atoms with Gasteiger partial charge in [0, 0.05) is 21.0 Å². The lowest BCUT2D eigenvalue weighted by Crippen LogP contribution is -2.45. The Morgan fingerprint density at radius 3 is 2.13 bits per heavy atom. The van der Waals surface area contributed by atoms with Gasteiger partial charge in [0.15, 0.2) is 5.60 Å². The van der Waals surface area contributed by atoms with Gasteiger partial charge in [0.05, 0.1) is 0 Å². The van der Waals surface area contributed by atoms with Crippen LogP contribution in [0.4, 0.5) is 0 Å². The predicted molar refractivity (Wildman–Crippen MR) is 52.9 cm³/mol. The molecule has 0 N–H and O–H groups in total. The average molecular weight is 216 g/mol. The van der Waals surface area contributed by atoms with E-state index in [0.717, 1.165) is 0 Å². The first-order chi connectivity index (χ1) is 6.85. The second-order valence-corrected chi connectivity index (χ2v) is 3.16. The van der Waals surface area contributed by atoms with Crippen LogP contribution in [0.3, 0.4) is 0 Å². The summed E-state index contributed by atoms with van der Waals surface area (Å²) in [5.74, 6) is -1.03. The molecule has 0 saturated heterocycles. The van der Waals surface area contributed by atoms with Crippen molar-refractivity contribution in [1.29, 1.82) is 0 Å². The highest BCUT2D eigenvalue weighted by molar-refractivity contribution is 5.67. The predicted octanol–water partition coefficient (Wildman–Crippen LogP) is 1.03. The van der Waals surface area contributed by atoms with E-state index < -0.39 is 23.8 Å². The zero-order valence-corrected chi connectivity index (χ0v) is 9.40. The minimum atomic E-state index is -1.19. The zero-order valence-electron chi connectivity index (χ0n) is 9.40. The molecule has 5 nitrogen and oxygen atoms in total. The molecule has 0 aliphatic heterocycles. The highest BCUT2D eigenvalue weighted by Crippen LogP contribution is 2.21. The summed E-state index contributed by atoms with van der Waals surface area (Å²) >= 11 is 0. The van der Waals surface area contributed by atoms with Crippen LogP contribution in [0.2, 0.25) is 0 Å². The molecule has 0 rings (SSSR count). The van der Waals surface area contributed by atoms with Gasteiger partial charge in [-0.25, -0.2) is 0 Å². The van der Waals surface area contributed by atoms with Gasteiger partial charge in [-0.3, -0.25) is 9.59 Å². The van der Waals surface area contributed by atoms with Gasteiger partial charge in [0.2, 0.25) is 6.29 Å². The fourth-order valence-electron chi connectivity index (χ4n) is 1.05. The van der Waals surface area contributed by atoms with E-state index in [4.69, 9.17) is 14.2 Å². The Morgan fingerprint density at radius 2 is 1.87 bits per heavy atom. The van der Waals surface area contributed by atoms with Crippen LogP contribution in [0.25, 0.3) is 0 Å². The molecule has 5 heteroatoms. The summed E-state index contributed by atoms with van der Waals surface area (Å²) in [6, 6.07) is 0. The van der Waals surface area contributed by atoms with E-state index in [-0.39, 0.29) is 0 Å². The maximum atomic E-state index is 10.9. The maximum absolute atomic E-state index is 10.9. The summed E-state index contributed by atoms with van der Waals surface area (Å²) < 4.78 is 14.8. The Morgan fingerprint density at radius 1 is 1.33 bits per heavy atom. The minimum Gasteiger partial charge on any atom is -0.449 e. The fraction of sp³-hybridized carbons (Fsp3) is 0.600. The monoisotopic (exact) mass is 216 g/mol. The van der Waals surface area contributed by atoms with Gasteiger partial charge in [-0.2, -0.15) is 0 Å². The maximum Gasteiger partial charge on any atom is 0.305 e. The largest absolute Gasteiger partial charge is 0.449 e. The molecular weight excluding hydrogens is 200 g/mol. The lowest BCUT2D eigenvalue weighted by molar-refractivity contribution is -0.219. The van der Waals surface area contributed by atoms with E-state index in [1.807, 2.05) is 0 Å². The normalized spacial score (nSPS) is 16.0. The van der Waals surface area contributed by atoms with Gasteiger partial charge < -0.3 is 14.2 Å². The number of carbonyl (C=O) groups excluding carboxylic acids is 2. The van der Waals surface area contributed by atoms with Crippen LogP contribution in [-0.4, -0.2) is 30.9 Å². The van der Waals surface area contributed by atoms with Gasteiger partial charge in [-0.15, -0.1) is 0 Å². The number of ether oxygens (including phenoxy) is 3. The number of rotatable bonds is 5. The zero-order chi connectivity index (χ0) is 12.1. The third-order valence-corrected chi connectivity index (χ3v) is 1.72. The molecule has 0 bridgehead atoms. The lowest BCUT2D eigenvalue weighted by Gasteiger charge is -2.31. The number of hydrogen-bond donors (Lipinski definition) is 0. The second-order valence-electron chi connectivity index (χ2n) is 3.16. The Hall–Kier alpha value is -1.36. The van der Waals surface area contributed by atoms with Crippen LogP contribution in [0, 0.1) is 0 Å². The standard InChI is InChI=1S/C10H16O5/c1-6-10(4,15-8(3)12)9(13-5)14-7(2)11/h6,9H,1H2,2-5H3. The number of esters is 2. The molecule has 0 amide bonds. The van der Waals surface area contributed by atoms with Crippen molar-refractivity contribution >= 4 is 11.9 Å². The Labute approximate surface area is 89.0 Å². The first-order valence-corrected chi connectivity index (χ1v) is 4.39. The van der Waals surface area contributed by atoms with E-state index in [1.165, 1.54) is 27.0 Å². The Balaban J connectivity index is 4.78. The quantitative estimate of drug-likeness (QED) is 0.390. The molecule has 0 aromatic heterocycles. The first-order valence-electron chi connectivity index (χ1n) is 4.39. The molecule has 0 aromatic carbocycles. The average Bonchev–Trinajstić information content (AvgIpc) is 2.12. The Kier molecular flexibility index (Phi) is 5.00. The van der Waals surface area contributed by atoms with Crippen LogP contribution in [0.15, 0.2) is 12.7 Å². The summed E-state index contributed by atoms with van der Waals surface area (Å²) in [7, 11) is 1.35. The van der Waals surface area contributed by atoms with E-state index in [0.29, 0.717) is 0 Å². The summed E-state index contributed by atoms with van der Waals surface area (Å²) in [4.78, 5) is 21.6. The van der Waals surface area contributed by atoms with Gasteiger partial charge in [-0.1, -0.05) is 6.58 Å². The van der Waals surface area contributed by atoms with E-state index >= 15 is 0 Å². The van der Waals surface area contributed by atoms with Crippen LogP contribution >= 0.6 is 0 Å². The summed E-state index contributed by atoms with van der Waals surface area (Å²) in [5.41, 5.74) is -1.19. The van der Waals surface area contributed by atoms with Crippen LogP contribution in [0.5, 0.6) is 0 Å². The SMILES string of the molecule is C=CC(C)(OC(C)=O)C(OC)OC(C)=O. The van der Waals surface area contributed by atoms with Crippen molar-refractivity contribution in [3.8, 4) is 0 Å². The molecular formula is C10H16O5. The van der Waals surface area contributed by atoms with Crippen LogP contribution in [0.1, 0.15) is 20.8 Å². The van der Waals surface area contributed by atoms with E-state index in [9.17, 15) is 9.59 Å². The van der Waals surface area contributed by atoms with Gasteiger partial charge in [0.1, 0.15) is 0 Å². The number of carbonyl (C=O) groups is 2. The van der Waals surface area contributed by atoms with Crippen molar-refractivity contribution in [3.63, 3.8) is 0 Å². The summed E-state index contributed by atoms with van der Waals surface area (Å²) in [6.45, 7) is 7.55. The molecule has 0 spiro atoms. The molecule has 15 heavy (non-hydrogen) atoms. The highest BCUT2D eigenvalue weighted by atomic mass is 16.7. The van der Waals surface area contributed by atoms with Crippen molar-refractivity contribution in [1.82, 2.24) is 0 Å². The highest BCUT2D eigenvalue weighted by Gasteiger charge is 2.37. The van der Waals surface area contributed by atoms with Crippen molar-refractivity contribution in [2.75, 3.05) is 7.11 Å². The molecule has 0 aliphatic carbocycles. The fourth-order valence-corrected chi connectivity index (χ4v) is 1.05. The smallest absolute Gasteiger partial charge is 0.305 e. The molecule has 86 valence electrons. The molecule has 2 unspecified atom stereocenters. The van der Waals surface area contributed by atoms with Crippen molar-refractivity contribution in [3.05, 3.63) is 12.7 Å². The van der Waals surface area contributed by atoms with Gasteiger partial charge in [0.25, 0.3) is 0 Å². The number of methoxy groups -OCH3 is 1. The third kappa shape index (κ3) is 4.12. The van der Waals surface area contributed by atoms with Gasteiger partial charge >= 0.3 is 11.9 Å². The minimum absolute atomic E-state index is 0.508. The van der Waals surface area contributed by atoms with Crippen molar-refractivity contribution in [2.45, 2.75) is 32.7 Å². The Bertz CT molecular complexity index is 261. The second kappa shape index (κ2) is 5.50. The molecule has 0 aromatic rings. The van der Waals surface area contributed by atoms with Crippen LogP contribution < -0.4 is 0 Å². The van der Waals surface area contributed by atoms with Crippen molar-refractivity contribution < 1.29 is 23.8 Å². The molecule has 0 radical (unpaired) electrons. The van der Waals surface area contributed by atoms with E-state index in [1.54, 1.807) is 6.92 Å². The third-order valence-electron chi connectivity index (χ3n) is 1.72. The molecule has 0 aliphatic rings. The first kappa shape index (κ1) is 13.6. The topological polar surface area (TPSA) is 61.8 Å². The molecule has 0 saturated carbocycles. The van der Waals surface area contributed by atoms with Crippen molar-refractivity contribution in [2.24, 2.45) is 0 Å². The molecule has 0 fully saturated rings. The molecule has 0 heterocycles. The number of hydrogen-bond acceptors (Lipinski definition) is 5. The summed E-state index contributed by atoms with van der Waals surface area (Å²) in [6.07, 6.45) is 0.349. The lowest BCUT2D eigenvalue weighted by atomic mass is 10.1.